The van der Waals surface area contributed by atoms with E-state index in [2.05, 4.69) is 14.5 Å². The van der Waals surface area contributed by atoms with Gasteiger partial charge in [-0.2, -0.15) is 0 Å². The molecule has 1 aliphatic heterocycles. The van der Waals surface area contributed by atoms with Crippen LogP contribution in [0.15, 0.2) is 0 Å². The molecule has 0 aromatic carbocycles. The van der Waals surface area contributed by atoms with Crippen molar-refractivity contribution in [2.24, 2.45) is 5.92 Å². The zero-order valence-electron chi connectivity index (χ0n) is 12.5. The van der Waals surface area contributed by atoms with Crippen LogP contribution >= 0.6 is 11.5 Å². The van der Waals surface area contributed by atoms with E-state index in [9.17, 15) is 9.90 Å². The number of aromatic nitrogens is 2. The minimum absolute atomic E-state index is 0.223. The van der Waals surface area contributed by atoms with Gasteiger partial charge in [-0.3, -0.25) is 9.69 Å². The summed E-state index contributed by atoms with van der Waals surface area (Å²) >= 11 is 1.45. The summed E-state index contributed by atoms with van der Waals surface area (Å²) in [6.45, 7) is 3.48. The van der Waals surface area contributed by atoms with Crippen LogP contribution in [0.4, 0.5) is 0 Å². The lowest BCUT2D eigenvalue weighted by atomic mass is 9.72. The number of aryl methyl sites for hydroxylation is 1. The van der Waals surface area contributed by atoms with Crippen molar-refractivity contribution in [1.29, 1.82) is 0 Å². The standard InChI is InChI=1S/C15H23N3O2S/c1-11-13(21-17-16-11)10-18-9-12(14(19)20)5-8-15(18)6-3-2-4-7-15/h12H,2-10H2,1H3,(H,19,20). The third-order valence-electron chi connectivity index (χ3n) is 5.28. The molecular formula is C15H23N3O2S. The molecule has 2 fully saturated rings. The summed E-state index contributed by atoms with van der Waals surface area (Å²) in [7, 11) is 0. The summed E-state index contributed by atoms with van der Waals surface area (Å²) in [5.41, 5.74) is 1.21. The summed E-state index contributed by atoms with van der Waals surface area (Å²) in [5, 5.41) is 13.5. The lowest BCUT2D eigenvalue weighted by Crippen LogP contribution is -2.55. The molecule has 1 spiro atoms. The van der Waals surface area contributed by atoms with Crippen LogP contribution in [0.3, 0.4) is 0 Å². The van der Waals surface area contributed by atoms with Gasteiger partial charge in [-0.05, 0) is 44.1 Å². The van der Waals surface area contributed by atoms with Gasteiger partial charge >= 0.3 is 5.97 Å². The number of nitrogens with zero attached hydrogens (tertiary/aromatic N) is 3. The Balaban J connectivity index is 1.82. The van der Waals surface area contributed by atoms with E-state index in [1.165, 1.54) is 48.5 Å². The number of likely N-dealkylation sites (tertiary alicyclic amines) is 1. The number of piperidine rings is 1. The normalized spacial score (nSPS) is 26.0. The van der Waals surface area contributed by atoms with Gasteiger partial charge in [0, 0.05) is 18.6 Å². The Kier molecular flexibility index (Phi) is 4.26. The molecule has 116 valence electrons. The fourth-order valence-electron chi connectivity index (χ4n) is 3.93. The monoisotopic (exact) mass is 309 g/mol. The van der Waals surface area contributed by atoms with Crippen LogP contribution in [-0.2, 0) is 11.3 Å². The van der Waals surface area contributed by atoms with Crippen LogP contribution in [0.25, 0.3) is 0 Å². The van der Waals surface area contributed by atoms with Crippen molar-refractivity contribution in [2.75, 3.05) is 6.54 Å². The molecule has 6 heteroatoms. The molecule has 1 aliphatic carbocycles. The van der Waals surface area contributed by atoms with E-state index in [4.69, 9.17) is 0 Å². The Morgan fingerprint density at radius 3 is 2.76 bits per heavy atom. The molecule has 1 unspecified atom stereocenters. The van der Waals surface area contributed by atoms with Gasteiger partial charge in [-0.25, -0.2) is 0 Å². The van der Waals surface area contributed by atoms with Gasteiger partial charge in [0.1, 0.15) is 0 Å². The van der Waals surface area contributed by atoms with Crippen LogP contribution in [0.5, 0.6) is 0 Å². The quantitative estimate of drug-likeness (QED) is 0.930. The highest BCUT2D eigenvalue weighted by Crippen LogP contribution is 2.43. The first-order valence-electron chi connectivity index (χ1n) is 7.86. The topological polar surface area (TPSA) is 66.3 Å². The van der Waals surface area contributed by atoms with E-state index in [0.29, 0.717) is 6.54 Å². The Hall–Kier alpha value is -1.01. The molecule has 2 heterocycles. The molecule has 1 aromatic rings. The van der Waals surface area contributed by atoms with Crippen LogP contribution in [0, 0.1) is 12.8 Å². The molecule has 1 saturated carbocycles. The highest BCUT2D eigenvalue weighted by atomic mass is 32.1. The first-order chi connectivity index (χ1) is 10.1. The maximum atomic E-state index is 11.4. The Morgan fingerprint density at radius 2 is 2.14 bits per heavy atom. The van der Waals surface area contributed by atoms with Crippen LogP contribution in [0.2, 0.25) is 0 Å². The lowest BCUT2D eigenvalue weighted by Gasteiger charge is -2.51. The highest BCUT2D eigenvalue weighted by Gasteiger charge is 2.44. The third kappa shape index (κ3) is 2.97. The van der Waals surface area contributed by atoms with Crippen molar-refractivity contribution in [3.63, 3.8) is 0 Å². The van der Waals surface area contributed by atoms with Crippen LogP contribution in [-0.4, -0.2) is 37.6 Å². The molecule has 5 nitrogen and oxygen atoms in total. The fourth-order valence-corrected chi connectivity index (χ4v) is 4.58. The number of hydrogen-bond acceptors (Lipinski definition) is 5. The summed E-state index contributed by atoms with van der Waals surface area (Å²) in [6.07, 6.45) is 8.14. The Morgan fingerprint density at radius 1 is 1.38 bits per heavy atom. The van der Waals surface area contributed by atoms with Crippen molar-refractivity contribution in [1.82, 2.24) is 14.5 Å². The summed E-state index contributed by atoms with van der Waals surface area (Å²) < 4.78 is 4.02. The number of carbonyl (C=O) groups is 1. The predicted molar refractivity (Wildman–Crippen MR) is 81.2 cm³/mol. The van der Waals surface area contributed by atoms with Gasteiger partial charge in [-0.15, -0.1) is 5.10 Å². The SMILES string of the molecule is Cc1nnsc1CN1CC(C(=O)O)CCC12CCCCC2. The van der Waals surface area contributed by atoms with Crippen LogP contribution < -0.4 is 0 Å². The molecular weight excluding hydrogens is 286 g/mol. The second-order valence-electron chi connectivity index (χ2n) is 6.52. The second kappa shape index (κ2) is 6.01. The van der Waals surface area contributed by atoms with E-state index in [-0.39, 0.29) is 11.5 Å². The van der Waals surface area contributed by atoms with Gasteiger partial charge in [0.15, 0.2) is 0 Å². The zero-order valence-corrected chi connectivity index (χ0v) is 13.4. The Labute approximate surface area is 129 Å². The molecule has 1 N–H and O–H groups in total. The number of hydrogen-bond donors (Lipinski definition) is 1. The van der Waals surface area contributed by atoms with Gasteiger partial charge in [0.05, 0.1) is 16.5 Å². The zero-order chi connectivity index (χ0) is 14.9. The third-order valence-corrected chi connectivity index (χ3v) is 6.09. The number of carboxylic acid groups (broad SMARTS) is 1. The van der Waals surface area contributed by atoms with Crippen molar-refractivity contribution in [3.8, 4) is 0 Å². The minimum atomic E-state index is -0.648. The maximum Gasteiger partial charge on any atom is 0.307 e. The molecule has 0 amide bonds. The fraction of sp³-hybridized carbons (Fsp3) is 0.800. The van der Waals surface area contributed by atoms with Gasteiger partial charge in [0.25, 0.3) is 0 Å². The van der Waals surface area contributed by atoms with Crippen molar-refractivity contribution >= 4 is 17.5 Å². The van der Waals surface area contributed by atoms with Crippen molar-refractivity contribution < 1.29 is 9.90 Å². The number of aliphatic carboxylic acids is 1. The van der Waals surface area contributed by atoms with Gasteiger partial charge < -0.3 is 5.11 Å². The summed E-state index contributed by atoms with van der Waals surface area (Å²) in [6, 6.07) is 0. The summed E-state index contributed by atoms with van der Waals surface area (Å²) in [5.74, 6) is -0.872. The highest BCUT2D eigenvalue weighted by molar-refractivity contribution is 7.05. The number of rotatable bonds is 3. The van der Waals surface area contributed by atoms with Crippen molar-refractivity contribution in [3.05, 3.63) is 10.6 Å². The number of carboxylic acids is 1. The molecule has 1 atom stereocenters. The second-order valence-corrected chi connectivity index (χ2v) is 7.36. The average molecular weight is 309 g/mol. The molecule has 0 bridgehead atoms. The molecule has 21 heavy (non-hydrogen) atoms. The van der Waals surface area contributed by atoms with E-state index in [1.54, 1.807) is 0 Å². The smallest absolute Gasteiger partial charge is 0.307 e. The van der Waals surface area contributed by atoms with Crippen LogP contribution in [0.1, 0.15) is 55.5 Å². The molecule has 1 saturated heterocycles. The van der Waals surface area contributed by atoms with Gasteiger partial charge in [0.2, 0.25) is 0 Å². The molecule has 3 rings (SSSR count). The maximum absolute atomic E-state index is 11.4. The average Bonchev–Trinajstić information content (AvgIpc) is 2.87. The minimum Gasteiger partial charge on any atom is -0.481 e. The first-order valence-corrected chi connectivity index (χ1v) is 8.64. The predicted octanol–water partition coefficient (Wildman–Crippen LogP) is 2.85. The lowest BCUT2D eigenvalue weighted by molar-refractivity contribution is -0.146. The van der Waals surface area contributed by atoms with E-state index < -0.39 is 5.97 Å². The van der Waals surface area contributed by atoms with E-state index >= 15 is 0 Å². The molecule has 1 aromatic heterocycles. The molecule has 0 radical (unpaired) electrons. The molecule has 2 aliphatic rings. The Bertz CT molecular complexity index is 511. The van der Waals surface area contributed by atoms with E-state index in [0.717, 1.165) is 25.1 Å². The summed E-state index contributed by atoms with van der Waals surface area (Å²) in [4.78, 5) is 15.0. The largest absolute Gasteiger partial charge is 0.481 e. The van der Waals surface area contributed by atoms with Crippen molar-refractivity contribution in [2.45, 2.75) is 64.0 Å². The van der Waals surface area contributed by atoms with E-state index in [1.807, 2.05) is 6.92 Å². The first kappa shape index (κ1) is 14.9. The van der Waals surface area contributed by atoms with Gasteiger partial charge in [-0.1, -0.05) is 23.8 Å².